The van der Waals surface area contributed by atoms with E-state index >= 15 is 0 Å². The molecule has 2 rings (SSSR count). The standard InChI is InChI=1S/C13H15NO2/c1-9(2)8-14-13(15)11-4-3-5-12-10(11)6-7-16-12/h3-7,9H,8H2,1-2H3,(H,14,15). The summed E-state index contributed by atoms with van der Waals surface area (Å²) in [4.78, 5) is 11.9. The van der Waals surface area contributed by atoms with Crippen molar-refractivity contribution in [2.75, 3.05) is 6.54 Å². The number of benzene rings is 1. The molecule has 3 heteroatoms. The molecule has 1 N–H and O–H groups in total. The Bertz CT molecular complexity index is 499. The van der Waals surface area contributed by atoms with Crippen LogP contribution in [0.5, 0.6) is 0 Å². The van der Waals surface area contributed by atoms with Crippen LogP contribution in [0.3, 0.4) is 0 Å². The van der Waals surface area contributed by atoms with Gasteiger partial charge in [-0.3, -0.25) is 4.79 Å². The Balaban J connectivity index is 2.25. The van der Waals surface area contributed by atoms with Gasteiger partial charge in [-0.2, -0.15) is 0 Å². The summed E-state index contributed by atoms with van der Waals surface area (Å²) >= 11 is 0. The lowest BCUT2D eigenvalue weighted by atomic mass is 10.1. The first-order valence-corrected chi connectivity index (χ1v) is 5.43. The van der Waals surface area contributed by atoms with Crippen LogP contribution < -0.4 is 5.32 Å². The molecule has 0 atom stereocenters. The molecule has 1 amide bonds. The highest BCUT2D eigenvalue weighted by Gasteiger charge is 2.10. The Morgan fingerprint density at radius 1 is 1.38 bits per heavy atom. The predicted molar refractivity (Wildman–Crippen MR) is 63.4 cm³/mol. The third-order valence-electron chi connectivity index (χ3n) is 2.41. The molecule has 1 heterocycles. The summed E-state index contributed by atoms with van der Waals surface area (Å²) in [6.45, 7) is 4.82. The van der Waals surface area contributed by atoms with Crippen LogP contribution in [0, 0.1) is 5.92 Å². The third-order valence-corrected chi connectivity index (χ3v) is 2.41. The SMILES string of the molecule is CC(C)CNC(=O)c1cccc2occc12. The van der Waals surface area contributed by atoms with Gasteiger partial charge >= 0.3 is 0 Å². The third kappa shape index (κ3) is 2.08. The maximum Gasteiger partial charge on any atom is 0.252 e. The maximum absolute atomic E-state index is 11.9. The zero-order valence-electron chi connectivity index (χ0n) is 9.49. The normalized spacial score (nSPS) is 10.9. The van der Waals surface area contributed by atoms with Gasteiger partial charge in [0.1, 0.15) is 5.58 Å². The van der Waals surface area contributed by atoms with Gasteiger partial charge in [0.05, 0.1) is 11.8 Å². The maximum atomic E-state index is 11.9. The fraction of sp³-hybridized carbons (Fsp3) is 0.308. The molecule has 0 bridgehead atoms. The van der Waals surface area contributed by atoms with Crippen molar-refractivity contribution >= 4 is 16.9 Å². The van der Waals surface area contributed by atoms with Crippen molar-refractivity contribution in [2.24, 2.45) is 5.92 Å². The summed E-state index contributed by atoms with van der Waals surface area (Å²) in [5.74, 6) is 0.410. The molecule has 3 nitrogen and oxygen atoms in total. The predicted octanol–water partition coefficient (Wildman–Crippen LogP) is 2.82. The van der Waals surface area contributed by atoms with Crippen LogP contribution >= 0.6 is 0 Å². The largest absolute Gasteiger partial charge is 0.464 e. The van der Waals surface area contributed by atoms with Crippen molar-refractivity contribution in [3.8, 4) is 0 Å². The Kier molecular flexibility index (Phi) is 2.95. The lowest BCUT2D eigenvalue weighted by Gasteiger charge is -2.07. The molecule has 84 valence electrons. The number of furan rings is 1. The minimum Gasteiger partial charge on any atom is -0.464 e. The number of amides is 1. The molecule has 0 fully saturated rings. The minimum atomic E-state index is -0.0410. The summed E-state index contributed by atoms with van der Waals surface area (Å²) in [5, 5.41) is 3.76. The van der Waals surface area contributed by atoms with Crippen molar-refractivity contribution in [1.82, 2.24) is 5.32 Å². The highest BCUT2D eigenvalue weighted by Crippen LogP contribution is 2.19. The van der Waals surface area contributed by atoms with E-state index in [1.165, 1.54) is 0 Å². The van der Waals surface area contributed by atoms with Crippen molar-refractivity contribution in [1.29, 1.82) is 0 Å². The molecule has 0 aliphatic heterocycles. The van der Waals surface area contributed by atoms with E-state index in [9.17, 15) is 4.79 Å². The number of carbonyl (C=O) groups excluding carboxylic acids is 1. The molecule has 0 aliphatic rings. The van der Waals surface area contributed by atoms with E-state index in [1.807, 2.05) is 24.3 Å². The summed E-state index contributed by atoms with van der Waals surface area (Å²) in [7, 11) is 0. The van der Waals surface area contributed by atoms with Gasteiger partial charge in [-0.1, -0.05) is 19.9 Å². The lowest BCUT2D eigenvalue weighted by molar-refractivity contribution is 0.0950. The molecule has 1 aromatic carbocycles. The van der Waals surface area contributed by atoms with Gasteiger partial charge in [0.25, 0.3) is 5.91 Å². The lowest BCUT2D eigenvalue weighted by Crippen LogP contribution is -2.27. The number of hydrogen-bond donors (Lipinski definition) is 1. The smallest absolute Gasteiger partial charge is 0.252 e. The topological polar surface area (TPSA) is 42.2 Å². The van der Waals surface area contributed by atoms with Gasteiger partial charge in [0.15, 0.2) is 0 Å². The molecule has 0 saturated heterocycles. The minimum absolute atomic E-state index is 0.0410. The van der Waals surface area contributed by atoms with Crippen LogP contribution in [0.2, 0.25) is 0 Å². The first-order chi connectivity index (χ1) is 7.68. The Hall–Kier alpha value is -1.77. The summed E-state index contributed by atoms with van der Waals surface area (Å²) in [6.07, 6.45) is 1.60. The van der Waals surface area contributed by atoms with E-state index in [0.29, 0.717) is 18.0 Å². The molecule has 0 radical (unpaired) electrons. The van der Waals surface area contributed by atoms with E-state index in [0.717, 1.165) is 11.0 Å². The zero-order chi connectivity index (χ0) is 11.5. The first-order valence-electron chi connectivity index (χ1n) is 5.43. The second-order valence-corrected chi connectivity index (χ2v) is 4.24. The monoisotopic (exact) mass is 217 g/mol. The van der Waals surface area contributed by atoms with Crippen molar-refractivity contribution in [3.63, 3.8) is 0 Å². The van der Waals surface area contributed by atoms with Gasteiger partial charge in [-0.05, 0) is 24.1 Å². The average Bonchev–Trinajstić information content (AvgIpc) is 2.73. The molecular weight excluding hydrogens is 202 g/mol. The van der Waals surface area contributed by atoms with Gasteiger partial charge in [-0.25, -0.2) is 0 Å². The van der Waals surface area contributed by atoms with E-state index < -0.39 is 0 Å². The molecule has 0 aliphatic carbocycles. The number of rotatable bonds is 3. The summed E-state index contributed by atoms with van der Waals surface area (Å²) in [6, 6.07) is 7.32. The second kappa shape index (κ2) is 4.39. The molecule has 0 saturated carbocycles. The number of carbonyl (C=O) groups is 1. The molecule has 0 unspecified atom stereocenters. The van der Waals surface area contributed by atoms with E-state index in [4.69, 9.17) is 4.42 Å². The zero-order valence-corrected chi connectivity index (χ0v) is 9.49. The Morgan fingerprint density at radius 3 is 2.94 bits per heavy atom. The first kappa shape index (κ1) is 10.7. The van der Waals surface area contributed by atoms with E-state index in [2.05, 4.69) is 19.2 Å². The van der Waals surface area contributed by atoms with Gasteiger partial charge in [-0.15, -0.1) is 0 Å². The van der Waals surface area contributed by atoms with Gasteiger partial charge in [0, 0.05) is 11.9 Å². The molecular formula is C13H15NO2. The fourth-order valence-corrected chi connectivity index (χ4v) is 1.58. The number of hydrogen-bond acceptors (Lipinski definition) is 2. The van der Waals surface area contributed by atoms with Crippen molar-refractivity contribution in [3.05, 3.63) is 36.1 Å². The van der Waals surface area contributed by atoms with Crippen LogP contribution in [0.1, 0.15) is 24.2 Å². The van der Waals surface area contributed by atoms with Gasteiger partial charge in [0.2, 0.25) is 0 Å². The molecule has 1 aromatic heterocycles. The summed E-state index contributed by atoms with van der Waals surface area (Å²) in [5.41, 5.74) is 1.42. The van der Waals surface area contributed by atoms with Crippen LogP contribution in [-0.4, -0.2) is 12.5 Å². The highest BCUT2D eigenvalue weighted by molar-refractivity contribution is 6.05. The Labute approximate surface area is 94.4 Å². The fourth-order valence-electron chi connectivity index (χ4n) is 1.58. The van der Waals surface area contributed by atoms with Gasteiger partial charge < -0.3 is 9.73 Å². The van der Waals surface area contributed by atoms with Crippen LogP contribution in [-0.2, 0) is 0 Å². The van der Waals surface area contributed by atoms with E-state index in [1.54, 1.807) is 6.26 Å². The van der Waals surface area contributed by atoms with E-state index in [-0.39, 0.29) is 5.91 Å². The molecule has 16 heavy (non-hydrogen) atoms. The molecule has 0 spiro atoms. The van der Waals surface area contributed by atoms with Crippen LogP contribution in [0.15, 0.2) is 34.9 Å². The number of nitrogens with one attached hydrogen (secondary N) is 1. The average molecular weight is 217 g/mol. The molecule has 2 aromatic rings. The van der Waals surface area contributed by atoms with Crippen LogP contribution in [0.25, 0.3) is 11.0 Å². The van der Waals surface area contributed by atoms with Crippen LogP contribution in [0.4, 0.5) is 0 Å². The summed E-state index contributed by atoms with van der Waals surface area (Å²) < 4.78 is 5.25. The van der Waals surface area contributed by atoms with Crippen molar-refractivity contribution in [2.45, 2.75) is 13.8 Å². The van der Waals surface area contributed by atoms with Crippen molar-refractivity contribution < 1.29 is 9.21 Å². The second-order valence-electron chi connectivity index (χ2n) is 4.24. The highest BCUT2D eigenvalue weighted by atomic mass is 16.3. The Morgan fingerprint density at radius 2 is 2.19 bits per heavy atom. The number of fused-ring (bicyclic) bond motifs is 1. The quantitative estimate of drug-likeness (QED) is 0.859.